The summed E-state index contributed by atoms with van der Waals surface area (Å²) in [5.41, 5.74) is -1.66. The number of aromatic carboxylic acids is 1. The average molecular weight is 631 g/mol. The minimum Gasteiger partial charge on any atom is -0.496 e. The van der Waals surface area contributed by atoms with Gasteiger partial charge in [-0.3, -0.25) is 4.79 Å². The molecule has 1 saturated heterocycles. The van der Waals surface area contributed by atoms with Gasteiger partial charge in [-0.1, -0.05) is 68.2 Å². The molecule has 0 radical (unpaired) electrons. The van der Waals surface area contributed by atoms with Gasteiger partial charge in [0, 0.05) is 29.1 Å². The molecule has 3 aromatic carbocycles. The van der Waals surface area contributed by atoms with Crippen LogP contribution < -0.4 is 15.4 Å². The third kappa shape index (κ3) is 6.32. The van der Waals surface area contributed by atoms with Gasteiger partial charge in [-0.15, -0.1) is 0 Å². The summed E-state index contributed by atoms with van der Waals surface area (Å²) in [4.78, 5) is 25.4. The molecule has 1 fully saturated rings. The van der Waals surface area contributed by atoms with Gasteiger partial charge in [-0.25, -0.2) is 13.6 Å². The van der Waals surface area contributed by atoms with Gasteiger partial charge in [-0.2, -0.15) is 5.26 Å². The predicted molar refractivity (Wildman–Crippen MR) is 159 cm³/mol. The number of ether oxygens (including phenoxy) is 1. The highest BCUT2D eigenvalue weighted by atomic mass is 35.5. The van der Waals surface area contributed by atoms with Crippen molar-refractivity contribution in [1.29, 1.82) is 5.26 Å². The summed E-state index contributed by atoms with van der Waals surface area (Å²) in [6.45, 7) is 5.82. The van der Waals surface area contributed by atoms with Crippen molar-refractivity contribution >= 4 is 35.1 Å². The van der Waals surface area contributed by atoms with E-state index in [1.165, 1.54) is 55.6 Å². The van der Waals surface area contributed by atoms with Crippen LogP contribution in [0.25, 0.3) is 0 Å². The third-order valence-corrected chi connectivity index (χ3v) is 8.22. The Morgan fingerprint density at radius 3 is 2.47 bits per heavy atom. The van der Waals surface area contributed by atoms with E-state index in [-0.39, 0.29) is 44.4 Å². The van der Waals surface area contributed by atoms with Crippen LogP contribution in [0.2, 0.25) is 10.0 Å². The Morgan fingerprint density at radius 2 is 1.86 bits per heavy atom. The van der Waals surface area contributed by atoms with E-state index in [9.17, 15) is 20.0 Å². The largest absolute Gasteiger partial charge is 0.496 e. The van der Waals surface area contributed by atoms with Gasteiger partial charge in [0.25, 0.3) is 0 Å². The van der Waals surface area contributed by atoms with Crippen molar-refractivity contribution in [2.24, 2.45) is 5.41 Å². The van der Waals surface area contributed by atoms with Gasteiger partial charge in [-0.05, 0) is 53.3 Å². The van der Waals surface area contributed by atoms with Gasteiger partial charge >= 0.3 is 5.97 Å². The highest BCUT2D eigenvalue weighted by Crippen LogP contribution is 2.52. The molecule has 7 nitrogen and oxygen atoms in total. The van der Waals surface area contributed by atoms with E-state index in [0.29, 0.717) is 12.0 Å². The molecule has 0 aliphatic carbocycles. The van der Waals surface area contributed by atoms with Gasteiger partial charge in [0.15, 0.2) is 0 Å². The minimum absolute atomic E-state index is 0.0139. The molecule has 3 aromatic rings. The lowest BCUT2D eigenvalue weighted by atomic mass is 9.62. The molecule has 43 heavy (non-hydrogen) atoms. The van der Waals surface area contributed by atoms with E-state index in [1.54, 1.807) is 0 Å². The van der Waals surface area contributed by atoms with Crippen LogP contribution in [0.5, 0.6) is 5.75 Å². The summed E-state index contributed by atoms with van der Waals surface area (Å²) < 4.78 is 36.7. The van der Waals surface area contributed by atoms with E-state index >= 15 is 8.78 Å². The van der Waals surface area contributed by atoms with E-state index in [2.05, 4.69) is 16.7 Å². The summed E-state index contributed by atoms with van der Waals surface area (Å²) in [5.74, 6) is -4.40. The molecule has 0 unspecified atom stereocenters. The van der Waals surface area contributed by atoms with Crippen molar-refractivity contribution in [2.75, 3.05) is 7.11 Å². The van der Waals surface area contributed by atoms with Gasteiger partial charge in [0.2, 0.25) is 5.91 Å². The summed E-state index contributed by atoms with van der Waals surface area (Å²) >= 11 is 12.2. The number of carbonyl (C=O) groups excluding carboxylic acids is 1. The maximum atomic E-state index is 15.8. The van der Waals surface area contributed by atoms with Crippen molar-refractivity contribution in [1.82, 2.24) is 10.6 Å². The molecule has 1 aliphatic heterocycles. The Balaban J connectivity index is 1.85. The van der Waals surface area contributed by atoms with Crippen LogP contribution in [0.4, 0.5) is 8.78 Å². The van der Waals surface area contributed by atoms with Crippen LogP contribution in [-0.4, -0.2) is 36.2 Å². The van der Waals surface area contributed by atoms with E-state index in [0.717, 1.165) is 6.07 Å². The molecule has 11 heteroatoms. The summed E-state index contributed by atoms with van der Waals surface area (Å²) in [5, 5.41) is 26.3. The molecule has 1 heterocycles. The molecule has 0 spiro atoms. The Bertz CT molecular complexity index is 1600. The van der Waals surface area contributed by atoms with E-state index in [4.69, 9.17) is 27.9 Å². The second-order valence-electron chi connectivity index (χ2n) is 11.7. The first-order valence-electron chi connectivity index (χ1n) is 13.5. The van der Waals surface area contributed by atoms with Crippen LogP contribution >= 0.6 is 23.2 Å². The molecule has 4 atom stereocenters. The highest BCUT2D eigenvalue weighted by molar-refractivity contribution is 6.31. The minimum atomic E-state index is -1.75. The zero-order valence-corrected chi connectivity index (χ0v) is 25.5. The van der Waals surface area contributed by atoms with Gasteiger partial charge in [0.1, 0.15) is 28.4 Å². The molecule has 226 valence electrons. The predicted octanol–water partition coefficient (Wildman–Crippen LogP) is 6.62. The SMILES string of the molecule is COc1cc(CNC(=O)[C@H]2N[C@H](CC(C)(C)C)[C@@](C#N)(c3ccc(Cl)cc3F)[C@@H]2c2cccc(Cl)c2F)ccc1C(=O)O. The van der Waals surface area contributed by atoms with Crippen LogP contribution in [-0.2, 0) is 16.8 Å². The lowest BCUT2D eigenvalue weighted by Crippen LogP contribution is -2.45. The van der Waals surface area contributed by atoms with Gasteiger partial charge < -0.3 is 20.5 Å². The average Bonchev–Trinajstić information content (AvgIpc) is 3.25. The Kier molecular flexibility index (Phi) is 9.36. The number of nitrogens with one attached hydrogen (secondary N) is 2. The van der Waals surface area contributed by atoms with Gasteiger partial charge in [0.05, 0.1) is 24.2 Å². The van der Waals surface area contributed by atoms with Crippen LogP contribution in [0.1, 0.15) is 60.2 Å². The van der Waals surface area contributed by atoms with Crippen molar-refractivity contribution in [3.05, 3.63) is 98.5 Å². The normalized spacial score (nSPS) is 21.7. The number of benzene rings is 3. The number of carboxylic acid groups (broad SMARTS) is 1. The molecule has 0 saturated carbocycles. The number of halogens is 4. The molecule has 0 aromatic heterocycles. The smallest absolute Gasteiger partial charge is 0.339 e. The molecular weight excluding hydrogens is 599 g/mol. The van der Waals surface area contributed by atoms with Crippen LogP contribution in [0, 0.1) is 28.4 Å². The number of hydrogen-bond donors (Lipinski definition) is 3. The van der Waals surface area contributed by atoms with Crippen molar-refractivity contribution in [2.45, 2.75) is 57.2 Å². The maximum Gasteiger partial charge on any atom is 0.339 e. The number of nitrogens with zero attached hydrogens (tertiary/aromatic N) is 1. The van der Waals surface area contributed by atoms with E-state index < -0.39 is 46.9 Å². The number of methoxy groups -OCH3 is 1. The summed E-state index contributed by atoms with van der Waals surface area (Å²) in [6, 6.07) is 13.0. The number of carbonyl (C=O) groups is 2. The third-order valence-electron chi connectivity index (χ3n) is 7.69. The zero-order valence-electron chi connectivity index (χ0n) is 24.0. The second kappa shape index (κ2) is 12.5. The molecule has 1 amide bonds. The number of nitriles is 1. The summed E-state index contributed by atoms with van der Waals surface area (Å²) in [6.07, 6.45) is 0.332. The first kappa shape index (κ1) is 32.2. The first-order chi connectivity index (χ1) is 20.2. The lowest BCUT2D eigenvalue weighted by Gasteiger charge is -2.37. The highest BCUT2D eigenvalue weighted by Gasteiger charge is 2.61. The quantitative estimate of drug-likeness (QED) is 0.258. The molecular formula is C32H31Cl2F2N3O4. The fraction of sp³-hybridized carbons (Fsp3) is 0.344. The van der Waals surface area contributed by atoms with Crippen LogP contribution in [0.15, 0.2) is 54.6 Å². The molecule has 3 N–H and O–H groups in total. The standard InChI is InChI=1S/C32H31Cl2F2N3O4/c1-31(2,3)14-25-32(16-37,21-11-9-18(33)13-23(21)35)26(20-6-5-7-22(34)27(20)36)28(39-25)29(40)38-15-17-8-10-19(30(41)42)24(12-17)43-4/h5-13,25-26,28,39H,14-15H2,1-4H3,(H,38,40)(H,41,42)/t25-,26-,28+,32-/m1/s1. The summed E-state index contributed by atoms with van der Waals surface area (Å²) in [7, 11) is 1.34. The monoisotopic (exact) mass is 629 g/mol. The fourth-order valence-corrected chi connectivity index (χ4v) is 6.22. The lowest BCUT2D eigenvalue weighted by molar-refractivity contribution is -0.123. The first-order valence-corrected chi connectivity index (χ1v) is 14.2. The molecule has 0 bridgehead atoms. The maximum absolute atomic E-state index is 15.8. The molecule has 4 rings (SSSR count). The number of rotatable bonds is 8. The number of hydrogen-bond acceptors (Lipinski definition) is 5. The second-order valence-corrected chi connectivity index (χ2v) is 12.6. The van der Waals surface area contributed by atoms with Crippen molar-refractivity contribution in [3.8, 4) is 11.8 Å². The van der Waals surface area contributed by atoms with Crippen LogP contribution in [0.3, 0.4) is 0 Å². The topological polar surface area (TPSA) is 111 Å². The number of carboxylic acids is 1. The Morgan fingerprint density at radius 1 is 1.14 bits per heavy atom. The fourth-order valence-electron chi connectivity index (χ4n) is 5.88. The number of amides is 1. The zero-order chi connectivity index (χ0) is 31.7. The Hall–Kier alpha value is -3.71. The van der Waals surface area contributed by atoms with Crippen molar-refractivity contribution < 1.29 is 28.2 Å². The molecule has 1 aliphatic rings. The Labute approximate surface area is 258 Å². The van der Waals surface area contributed by atoms with Crippen molar-refractivity contribution in [3.63, 3.8) is 0 Å². The van der Waals surface area contributed by atoms with E-state index in [1.807, 2.05) is 20.8 Å².